The number of carbonyl (C=O) groups excluding carboxylic acids is 3. The average Bonchev–Trinajstić information content (AvgIpc) is 2.68. The maximum atomic E-state index is 14.4. The smallest absolute Gasteiger partial charge is 0.410 e. The lowest BCUT2D eigenvalue weighted by atomic mass is 10.1. The monoisotopic (exact) mass is 455 g/mol. The number of amides is 2. The molecule has 1 aromatic rings. The summed E-state index contributed by atoms with van der Waals surface area (Å²) in [7, 11) is 1.01. The second-order valence-electron chi connectivity index (χ2n) is 8.53. The first-order chi connectivity index (χ1) is 14.7. The fourth-order valence-electron chi connectivity index (χ4n) is 2.78. The first-order valence-electron chi connectivity index (χ1n) is 10.0. The summed E-state index contributed by atoms with van der Waals surface area (Å²) in [5, 5.41) is 11.5. The second kappa shape index (κ2) is 10.9. The Morgan fingerprint density at radius 3 is 2.25 bits per heavy atom. The number of benzene rings is 1. The lowest BCUT2D eigenvalue weighted by Crippen LogP contribution is -2.47. The third-order valence-corrected chi connectivity index (χ3v) is 4.77. The molecule has 2 amide bonds. The predicted octanol–water partition coefficient (Wildman–Crippen LogP) is 3.76. The van der Waals surface area contributed by atoms with E-state index in [4.69, 9.17) is 4.74 Å². The van der Waals surface area contributed by atoms with Crippen LogP contribution in [-0.4, -0.2) is 60.1 Å². The highest BCUT2D eigenvalue weighted by Gasteiger charge is 2.30. The SMILES string of the molecule is COC(=O)c1cc([N+](=O)[O-])c(N(C=O)CCN(C(=O)OC(C)(C)C)C(C)C(C)C)cc1F. The van der Waals surface area contributed by atoms with Gasteiger partial charge >= 0.3 is 12.1 Å². The quantitative estimate of drug-likeness (QED) is 0.241. The van der Waals surface area contributed by atoms with Crippen molar-refractivity contribution in [3.8, 4) is 0 Å². The van der Waals surface area contributed by atoms with E-state index in [1.165, 1.54) is 4.90 Å². The van der Waals surface area contributed by atoms with E-state index in [-0.39, 0.29) is 30.7 Å². The molecule has 0 aromatic heterocycles. The summed E-state index contributed by atoms with van der Waals surface area (Å²) < 4.78 is 24.3. The van der Waals surface area contributed by atoms with Crippen LogP contribution in [0.3, 0.4) is 0 Å². The lowest BCUT2D eigenvalue weighted by molar-refractivity contribution is -0.384. The van der Waals surface area contributed by atoms with Crippen LogP contribution < -0.4 is 4.90 Å². The molecule has 0 saturated heterocycles. The van der Waals surface area contributed by atoms with Gasteiger partial charge in [-0.1, -0.05) is 13.8 Å². The standard InChI is InChI=1S/C21H30FN3O7/c1-13(2)14(3)24(20(28)32-21(4,5)6)9-8-23(12-26)17-11-16(22)15(19(27)31-7)10-18(17)25(29)30/h10-14H,8-9H2,1-7H3. The number of nitrogens with zero attached hydrogens (tertiary/aromatic N) is 3. The first kappa shape index (κ1) is 26.8. The number of anilines is 1. The number of nitro benzene ring substituents is 1. The number of hydrogen-bond donors (Lipinski definition) is 0. The summed E-state index contributed by atoms with van der Waals surface area (Å²) >= 11 is 0. The van der Waals surface area contributed by atoms with Crippen LogP contribution in [0.4, 0.5) is 20.6 Å². The van der Waals surface area contributed by atoms with Crippen molar-refractivity contribution in [3.05, 3.63) is 33.6 Å². The van der Waals surface area contributed by atoms with Gasteiger partial charge in [-0.15, -0.1) is 0 Å². The highest BCUT2D eigenvalue weighted by atomic mass is 19.1. The highest BCUT2D eigenvalue weighted by Crippen LogP contribution is 2.31. The van der Waals surface area contributed by atoms with Gasteiger partial charge in [0.2, 0.25) is 6.41 Å². The number of esters is 1. The molecule has 0 N–H and O–H groups in total. The van der Waals surface area contributed by atoms with E-state index < -0.39 is 39.7 Å². The Labute approximate surface area is 186 Å². The van der Waals surface area contributed by atoms with Gasteiger partial charge in [0.05, 0.1) is 12.0 Å². The molecule has 1 atom stereocenters. The molecule has 0 aliphatic rings. The number of carbonyl (C=O) groups is 3. The Hall–Kier alpha value is -3.24. The number of hydrogen-bond acceptors (Lipinski definition) is 7. The van der Waals surface area contributed by atoms with Gasteiger partial charge < -0.3 is 19.3 Å². The second-order valence-corrected chi connectivity index (χ2v) is 8.53. The van der Waals surface area contributed by atoms with Crippen LogP contribution in [0.1, 0.15) is 51.9 Å². The molecule has 0 spiro atoms. The molecule has 0 saturated carbocycles. The van der Waals surface area contributed by atoms with Crippen molar-refractivity contribution in [2.75, 3.05) is 25.1 Å². The van der Waals surface area contributed by atoms with Gasteiger partial charge in [-0.2, -0.15) is 0 Å². The van der Waals surface area contributed by atoms with Crippen molar-refractivity contribution < 1.29 is 33.2 Å². The van der Waals surface area contributed by atoms with E-state index in [9.17, 15) is 28.9 Å². The molecule has 10 nitrogen and oxygen atoms in total. The van der Waals surface area contributed by atoms with Gasteiger partial charge in [0.15, 0.2) is 0 Å². The van der Waals surface area contributed by atoms with Gasteiger partial charge in [-0.3, -0.25) is 14.9 Å². The minimum absolute atomic E-state index is 0.0233. The molecule has 0 fully saturated rings. The maximum absolute atomic E-state index is 14.4. The van der Waals surface area contributed by atoms with Crippen LogP contribution in [0.25, 0.3) is 0 Å². The summed E-state index contributed by atoms with van der Waals surface area (Å²) in [4.78, 5) is 49.1. The van der Waals surface area contributed by atoms with Crippen molar-refractivity contribution in [1.82, 2.24) is 4.90 Å². The summed E-state index contributed by atoms with van der Waals surface area (Å²) in [5.74, 6) is -2.11. The van der Waals surface area contributed by atoms with E-state index in [2.05, 4.69) is 4.74 Å². The molecule has 0 aliphatic carbocycles. The molecule has 0 bridgehead atoms. The molecule has 0 radical (unpaired) electrons. The zero-order valence-corrected chi connectivity index (χ0v) is 19.4. The fraction of sp³-hybridized carbons (Fsp3) is 0.571. The van der Waals surface area contributed by atoms with Crippen molar-refractivity contribution >= 4 is 29.8 Å². The third kappa shape index (κ3) is 6.89. The summed E-state index contributed by atoms with van der Waals surface area (Å²) in [5.41, 5.74) is -2.38. The normalized spacial score (nSPS) is 12.2. The largest absolute Gasteiger partial charge is 0.465 e. The van der Waals surface area contributed by atoms with E-state index in [1.807, 2.05) is 20.8 Å². The van der Waals surface area contributed by atoms with Crippen LogP contribution in [0.15, 0.2) is 12.1 Å². The van der Waals surface area contributed by atoms with Crippen molar-refractivity contribution in [2.24, 2.45) is 5.92 Å². The number of halogens is 1. The Balaban J connectivity index is 3.29. The average molecular weight is 455 g/mol. The number of methoxy groups -OCH3 is 1. The number of ether oxygens (including phenoxy) is 2. The van der Waals surface area contributed by atoms with E-state index in [1.54, 1.807) is 20.8 Å². The van der Waals surface area contributed by atoms with Crippen molar-refractivity contribution in [2.45, 2.75) is 53.2 Å². The Bertz CT molecular complexity index is 868. The lowest BCUT2D eigenvalue weighted by Gasteiger charge is -2.34. The Morgan fingerprint density at radius 2 is 1.81 bits per heavy atom. The highest BCUT2D eigenvalue weighted by molar-refractivity contribution is 5.93. The van der Waals surface area contributed by atoms with Crippen LogP contribution in [0.5, 0.6) is 0 Å². The van der Waals surface area contributed by atoms with Crippen LogP contribution >= 0.6 is 0 Å². The third-order valence-electron chi connectivity index (χ3n) is 4.77. The minimum Gasteiger partial charge on any atom is -0.465 e. The van der Waals surface area contributed by atoms with E-state index >= 15 is 0 Å². The molecular formula is C21H30FN3O7. The molecule has 32 heavy (non-hydrogen) atoms. The molecular weight excluding hydrogens is 425 g/mol. The van der Waals surface area contributed by atoms with E-state index in [0.717, 1.165) is 24.1 Å². The van der Waals surface area contributed by atoms with Crippen LogP contribution in [-0.2, 0) is 14.3 Å². The topological polar surface area (TPSA) is 119 Å². The molecule has 0 aliphatic heterocycles. The van der Waals surface area contributed by atoms with Gasteiger partial charge in [0.25, 0.3) is 5.69 Å². The van der Waals surface area contributed by atoms with Crippen molar-refractivity contribution in [3.63, 3.8) is 0 Å². The molecule has 0 heterocycles. The van der Waals surface area contributed by atoms with Crippen LogP contribution in [0.2, 0.25) is 0 Å². The van der Waals surface area contributed by atoms with Gasteiger partial charge in [0.1, 0.15) is 22.7 Å². The summed E-state index contributed by atoms with van der Waals surface area (Å²) in [6.07, 6.45) is -0.307. The Morgan fingerprint density at radius 1 is 1.22 bits per heavy atom. The van der Waals surface area contributed by atoms with Crippen molar-refractivity contribution in [1.29, 1.82) is 0 Å². The number of nitro groups is 1. The van der Waals surface area contributed by atoms with E-state index in [0.29, 0.717) is 6.41 Å². The predicted molar refractivity (Wildman–Crippen MR) is 115 cm³/mol. The van der Waals surface area contributed by atoms with Crippen LogP contribution in [0, 0.1) is 21.8 Å². The zero-order chi connectivity index (χ0) is 24.8. The maximum Gasteiger partial charge on any atom is 0.410 e. The molecule has 1 rings (SSSR count). The Kier molecular flexibility index (Phi) is 9.10. The number of rotatable bonds is 9. The molecule has 178 valence electrons. The fourth-order valence-corrected chi connectivity index (χ4v) is 2.78. The van der Waals surface area contributed by atoms with Gasteiger partial charge in [-0.05, 0) is 33.6 Å². The molecule has 11 heteroatoms. The summed E-state index contributed by atoms with van der Waals surface area (Å²) in [6, 6.07) is 1.17. The minimum atomic E-state index is -1.09. The van der Waals surface area contributed by atoms with Gasteiger partial charge in [-0.25, -0.2) is 14.0 Å². The zero-order valence-electron chi connectivity index (χ0n) is 19.4. The summed E-state index contributed by atoms with van der Waals surface area (Å²) in [6.45, 7) is 10.6. The molecule has 1 aromatic carbocycles. The first-order valence-corrected chi connectivity index (χ1v) is 10.0. The molecule has 1 unspecified atom stereocenters. The van der Waals surface area contributed by atoms with Gasteiger partial charge in [0, 0.05) is 31.3 Å².